The Kier molecular flexibility index (Phi) is 2.08. The summed E-state index contributed by atoms with van der Waals surface area (Å²) in [5.41, 5.74) is 0. The first-order chi connectivity index (χ1) is 6.43. The molecule has 1 aliphatic heterocycles. The minimum atomic E-state index is 0.944. The van der Waals surface area contributed by atoms with Gasteiger partial charge in [0.2, 0.25) is 0 Å². The quantitative estimate of drug-likeness (QED) is 0.614. The molecule has 0 radical (unpaired) electrons. The summed E-state index contributed by atoms with van der Waals surface area (Å²) in [5.74, 6) is 2.20. The van der Waals surface area contributed by atoms with Crippen molar-refractivity contribution in [1.29, 1.82) is 0 Å². The van der Waals surface area contributed by atoms with Gasteiger partial charge in [0.1, 0.15) is 0 Å². The van der Waals surface area contributed by atoms with Crippen LogP contribution >= 0.6 is 0 Å². The molecule has 0 aromatic rings. The predicted molar refractivity (Wildman–Crippen MR) is 54.6 cm³/mol. The first-order valence-corrected chi connectivity index (χ1v) is 6.19. The van der Waals surface area contributed by atoms with Crippen LogP contribution in [0.5, 0.6) is 0 Å². The average molecular weight is 179 g/mol. The third kappa shape index (κ3) is 1.63. The molecule has 0 bridgehead atoms. The number of hydrogen-bond acceptors (Lipinski definition) is 1. The summed E-state index contributed by atoms with van der Waals surface area (Å²) in [6.45, 7) is 0. The lowest BCUT2D eigenvalue weighted by Crippen LogP contribution is -2.23. The van der Waals surface area contributed by atoms with E-state index in [2.05, 4.69) is 5.32 Å². The molecule has 0 aromatic carbocycles. The van der Waals surface area contributed by atoms with Crippen molar-refractivity contribution in [2.45, 2.75) is 63.5 Å². The van der Waals surface area contributed by atoms with Gasteiger partial charge in [-0.3, -0.25) is 0 Å². The SMILES string of the molecule is C1CCC(C2CCC3NC3C2)CC1. The fourth-order valence-electron chi connectivity index (χ4n) is 3.61. The number of nitrogens with one attached hydrogen (secondary N) is 1. The largest absolute Gasteiger partial charge is 0.308 e. The van der Waals surface area contributed by atoms with E-state index in [0.717, 1.165) is 23.9 Å². The van der Waals surface area contributed by atoms with Crippen LogP contribution in [0.1, 0.15) is 51.4 Å². The highest BCUT2D eigenvalue weighted by atomic mass is 15.1. The van der Waals surface area contributed by atoms with Crippen molar-refractivity contribution in [3.8, 4) is 0 Å². The van der Waals surface area contributed by atoms with Crippen molar-refractivity contribution in [1.82, 2.24) is 5.32 Å². The number of rotatable bonds is 1. The zero-order valence-corrected chi connectivity index (χ0v) is 8.47. The standard InChI is InChI=1S/C12H21N/c1-2-4-9(5-3-1)10-6-7-11-12(8-10)13-11/h9-13H,1-8H2. The Balaban J connectivity index is 1.57. The van der Waals surface area contributed by atoms with Gasteiger partial charge in [-0.25, -0.2) is 0 Å². The van der Waals surface area contributed by atoms with Crippen molar-refractivity contribution in [2.75, 3.05) is 0 Å². The van der Waals surface area contributed by atoms with Gasteiger partial charge in [0, 0.05) is 12.1 Å². The Morgan fingerprint density at radius 1 is 0.692 bits per heavy atom. The van der Waals surface area contributed by atoms with E-state index in [-0.39, 0.29) is 0 Å². The fraction of sp³-hybridized carbons (Fsp3) is 1.00. The molecular formula is C12H21N. The molecule has 3 aliphatic rings. The highest BCUT2D eigenvalue weighted by Gasteiger charge is 2.43. The lowest BCUT2D eigenvalue weighted by atomic mass is 9.73. The number of fused-ring (bicyclic) bond motifs is 1. The summed E-state index contributed by atoms with van der Waals surface area (Å²) >= 11 is 0. The van der Waals surface area contributed by atoms with Gasteiger partial charge in [-0.15, -0.1) is 0 Å². The first-order valence-electron chi connectivity index (χ1n) is 6.19. The monoisotopic (exact) mass is 179 g/mol. The van der Waals surface area contributed by atoms with Crippen molar-refractivity contribution < 1.29 is 0 Å². The average Bonchev–Trinajstić information content (AvgIpc) is 2.96. The van der Waals surface area contributed by atoms with Crippen LogP contribution in [0.15, 0.2) is 0 Å². The van der Waals surface area contributed by atoms with Gasteiger partial charge in [0.15, 0.2) is 0 Å². The lowest BCUT2D eigenvalue weighted by Gasteiger charge is -2.32. The molecule has 1 saturated heterocycles. The van der Waals surface area contributed by atoms with Crippen LogP contribution in [0.4, 0.5) is 0 Å². The summed E-state index contributed by atoms with van der Waals surface area (Å²) in [7, 11) is 0. The van der Waals surface area contributed by atoms with Gasteiger partial charge in [-0.2, -0.15) is 0 Å². The maximum atomic E-state index is 3.60. The predicted octanol–water partition coefficient (Wildman–Crippen LogP) is 2.71. The van der Waals surface area contributed by atoms with Crippen molar-refractivity contribution in [3.63, 3.8) is 0 Å². The van der Waals surface area contributed by atoms with Crippen LogP contribution in [-0.4, -0.2) is 12.1 Å². The smallest absolute Gasteiger partial charge is 0.0227 e. The van der Waals surface area contributed by atoms with Gasteiger partial charge in [-0.05, 0) is 31.1 Å². The van der Waals surface area contributed by atoms with Crippen LogP contribution in [0.25, 0.3) is 0 Å². The molecule has 1 N–H and O–H groups in total. The molecule has 13 heavy (non-hydrogen) atoms. The topological polar surface area (TPSA) is 21.9 Å². The van der Waals surface area contributed by atoms with Crippen LogP contribution < -0.4 is 5.32 Å². The highest BCUT2D eigenvalue weighted by Crippen LogP contribution is 2.41. The van der Waals surface area contributed by atoms with Crippen LogP contribution in [-0.2, 0) is 0 Å². The second-order valence-electron chi connectivity index (χ2n) is 5.35. The first kappa shape index (κ1) is 8.28. The van der Waals surface area contributed by atoms with E-state index in [1.165, 1.54) is 38.5 Å². The van der Waals surface area contributed by atoms with E-state index in [9.17, 15) is 0 Å². The molecule has 3 rings (SSSR count). The van der Waals surface area contributed by atoms with Gasteiger partial charge in [-0.1, -0.05) is 32.1 Å². The molecule has 0 spiro atoms. The molecule has 74 valence electrons. The lowest BCUT2D eigenvalue weighted by molar-refractivity contribution is 0.208. The van der Waals surface area contributed by atoms with E-state index in [1.54, 1.807) is 12.8 Å². The van der Waals surface area contributed by atoms with Crippen LogP contribution in [0, 0.1) is 11.8 Å². The number of hydrogen-bond donors (Lipinski definition) is 1. The Hall–Kier alpha value is -0.0400. The Morgan fingerprint density at radius 3 is 2.31 bits per heavy atom. The molecule has 1 heterocycles. The molecule has 0 aromatic heterocycles. The maximum Gasteiger partial charge on any atom is 0.0227 e. The van der Waals surface area contributed by atoms with Gasteiger partial charge >= 0.3 is 0 Å². The molecule has 1 heteroatoms. The summed E-state index contributed by atoms with van der Waals surface area (Å²) in [6.07, 6.45) is 12.1. The molecule has 1 nitrogen and oxygen atoms in total. The minimum Gasteiger partial charge on any atom is -0.308 e. The van der Waals surface area contributed by atoms with Crippen molar-refractivity contribution in [2.24, 2.45) is 11.8 Å². The minimum absolute atomic E-state index is 0.944. The molecule has 0 amide bonds. The van der Waals surface area contributed by atoms with Gasteiger partial charge < -0.3 is 5.32 Å². The van der Waals surface area contributed by atoms with Crippen molar-refractivity contribution in [3.05, 3.63) is 0 Å². The van der Waals surface area contributed by atoms with E-state index in [0.29, 0.717) is 0 Å². The Bertz CT molecular complexity index is 184. The zero-order valence-electron chi connectivity index (χ0n) is 8.47. The molecule has 2 aliphatic carbocycles. The molecule has 3 atom stereocenters. The zero-order chi connectivity index (χ0) is 8.67. The second kappa shape index (κ2) is 3.27. The summed E-state index contributed by atoms with van der Waals surface area (Å²) in [4.78, 5) is 0. The van der Waals surface area contributed by atoms with E-state index < -0.39 is 0 Å². The summed E-state index contributed by atoms with van der Waals surface area (Å²) in [6, 6.07) is 1.89. The molecule has 2 saturated carbocycles. The van der Waals surface area contributed by atoms with E-state index in [4.69, 9.17) is 0 Å². The normalized spacial score (nSPS) is 45.7. The third-order valence-corrected chi connectivity index (χ3v) is 4.53. The molecule has 3 unspecified atom stereocenters. The summed E-state index contributed by atoms with van der Waals surface area (Å²) in [5, 5.41) is 3.60. The fourth-order valence-corrected chi connectivity index (χ4v) is 3.61. The van der Waals surface area contributed by atoms with Crippen molar-refractivity contribution >= 4 is 0 Å². The van der Waals surface area contributed by atoms with E-state index >= 15 is 0 Å². The Morgan fingerprint density at radius 2 is 1.54 bits per heavy atom. The van der Waals surface area contributed by atoms with Gasteiger partial charge in [0.05, 0.1) is 0 Å². The molecular weight excluding hydrogens is 158 g/mol. The van der Waals surface area contributed by atoms with Crippen LogP contribution in [0.2, 0.25) is 0 Å². The maximum absolute atomic E-state index is 3.60. The van der Waals surface area contributed by atoms with Gasteiger partial charge in [0.25, 0.3) is 0 Å². The Labute approximate surface area is 81.3 Å². The van der Waals surface area contributed by atoms with Crippen LogP contribution in [0.3, 0.4) is 0 Å². The molecule has 3 fully saturated rings. The highest BCUT2D eigenvalue weighted by molar-refractivity contribution is 5.03. The van der Waals surface area contributed by atoms with E-state index in [1.807, 2.05) is 0 Å². The third-order valence-electron chi connectivity index (χ3n) is 4.53. The summed E-state index contributed by atoms with van der Waals surface area (Å²) < 4.78 is 0. The second-order valence-corrected chi connectivity index (χ2v) is 5.35.